The molecule has 0 aromatic carbocycles. The second-order valence-electron chi connectivity index (χ2n) is 3.95. The van der Waals surface area contributed by atoms with Crippen LogP contribution in [0.5, 0.6) is 0 Å². The normalized spacial score (nSPS) is 12.6. The second-order valence-corrected chi connectivity index (χ2v) is 7.70. The second kappa shape index (κ2) is 6.80. The van der Waals surface area contributed by atoms with Crippen LogP contribution in [0.4, 0.5) is 0 Å². The molecule has 0 bridgehead atoms. The summed E-state index contributed by atoms with van der Waals surface area (Å²) in [7, 11) is 0. The summed E-state index contributed by atoms with van der Waals surface area (Å²) in [5, 5.41) is 3.57. The number of hydrogen-bond donors (Lipinski definition) is 1. The molecule has 1 unspecified atom stereocenters. The minimum atomic E-state index is 0.190. The van der Waals surface area contributed by atoms with Gasteiger partial charge in [-0.25, -0.2) is 0 Å². The predicted octanol–water partition coefficient (Wildman–Crippen LogP) is 4.76. The summed E-state index contributed by atoms with van der Waals surface area (Å²) in [6.07, 6.45) is 4.84. The van der Waals surface area contributed by atoms with Crippen LogP contribution in [0.25, 0.3) is 0 Å². The Hall–Kier alpha value is -0.230. The largest absolute Gasteiger partial charge is 0.306 e. The van der Waals surface area contributed by atoms with Gasteiger partial charge in [-0.2, -0.15) is 0 Å². The maximum absolute atomic E-state index is 4.21. The average Bonchev–Trinajstić information content (AvgIpc) is 2.70. The molecule has 5 heteroatoms. The van der Waals surface area contributed by atoms with Crippen LogP contribution < -0.4 is 5.32 Å². The van der Waals surface area contributed by atoms with E-state index < -0.39 is 0 Å². The minimum Gasteiger partial charge on any atom is -0.306 e. The maximum atomic E-state index is 4.21. The molecule has 0 aliphatic heterocycles. The van der Waals surface area contributed by atoms with Gasteiger partial charge >= 0.3 is 0 Å². The van der Waals surface area contributed by atoms with Gasteiger partial charge in [0.15, 0.2) is 0 Å². The molecule has 2 aromatic heterocycles. The first-order valence-electron chi connectivity index (χ1n) is 5.80. The van der Waals surface area contributed by atoms with Crippen molar-refractivity contribution in [3.05, 3.63) is 49.3 Å². The lowest BCUT2D eigenvalue weighted by atomic mass is 10.0. The van der Waals surface area contributed by atoms with E-state index in [4.69, 9.17) is 0 Å². The van der Waals surface area contributed by atoms with Gasteiger partial charge in [0.2, 0.25) is 0 Å². The molecule has 2 nitrogen and oxygen atoms in total. The Morgan fingerprint density at radius 1 is 1.44 bits per heavy atom. The lowest BCUT2D eigenvalue weighted by Crippen LogP contribution is -2.23. The smallest absolute Gasteiger partial charge is 0.0761 e. The number of thiophene rings is 1. The Balaban J connectivity index is 2.34. The average molecular weight is 390 g/mol. The quantitative estimate of drug-likeness (QED) is 0.797. The molecule has 0 radical (unpaired) electrons. The zero-order chi connectivity index (χ0) is 13.0. The number of nitrogens with one attached hydrogen (secondary N) is 1. The molecule has 0 spiro atoms. The molecule has 1 N–H and O–H groups in total. The lowest BCUT2D eigenvalue weighted by Gasteiger charge is -2.18. The molecule has 0 amide bonds. The third-order valence-corrected chi connectivity index (χ3v) is 5.00. The topological polar surface area (TPSA) is 24.9 Å². The van der Waals surface area contributed by atoms with E-state index in [-0.39, 0.29) is 6.04 Å². The first-order valence-corrected chi connectivity index (χ1v) is 8.20. The molecule has 2 heterocycles. The third-order valence-electron chi connectivity index (χ3n) is 2.61. The van der Waals surface area contributed by atoms with Crippen molar-refractivity contribution >= 4 is 43.2 Å². The van der Waals surface area contributed by atoms with Crippen molar-refractivity contribution in [1.82, 2.24) is 10.3 Å². The van der Waals surface area contributed by atoms with Crippen molar-refractivity contribution in [2.75, 3.05) is 6.54 Å². The van der Waals surface area contributed by atoms with Crippen molar-refractivity contribution in [2.24, 2.45) is 0 Å². The Morgan fingerprint density at radius 3 is 2.83 bits per heavy atom. The van der Waals surface area contributed by atoms with E-state index in [9.17, 15) is 0 Å². The number of rotatable bonds is 5. The van der Waals surface area contributed by atoms with Crippen molar-refractivity contribution in [3.63, 3.8) is 0 Å². The maximum Gasteiger partial charge on any atom is 0.0761 e. The summed E-state index contributed by atoms with van der Waals surface area (Å²) in [5.41, 5.74) is 2.45. The fraction of sp³-hybridized carbons (Fsp3) is 0.308. The van der Waals surface area contributed by atoms with Crippen molar-refractivity contribution in [3.8, 4) is 0 Å². The Labute approximate surface area is 128 Å². The zero-order valence-corrected chi connectivity index (χ0v) is 14.0. The highest BCUT2D eigenvalue weighted by Gasteiger charge is 2.18. The van der Waals surface area contributed by atoms with Gasteiger partial charge in [0.1, 0.15) is 0 Å². The summed E-state index contributed by atoms with van der Waals surface area (Å²) in [6.45, 7) is 3.16. The molecular formula is C13H14Br2N2S. The van der Waals surface area contributed by atoms with Crippen molar-refractivity contribution < 1.29 is 0 Å². The van der Waals surface area contributed by atoms with Gasteiger partial charge in [0.25, 0.3) is 0 Å². The Kier molecular flexibility index (Phi) is 5.36. The first kappa shape index (κ1) is 14.2. The molecular weight excluding hydrogens is 376 g/mol. The van der Waals surface area contributed by atoms with E-state index in [0.717, 1.165) is 20.5 Å². The molecule has 96 valence electrons. The highest BCUT2D eigenvalue weighted by Crippen LogP contribution is 2.37. The van der Waals surface area contributed by atoms with Gasteiger partial charge in [-0.1, -0.05) is 13.0 Å². The number of nitrogens with zero attached hydrogens (tertiary/aromatic N) is 1. The molecule has 0 aliphatic rings. The number of hydrogen-bond acceptors (Lipinski definition) is 3. The highest BCUT2D eigenvalue weighted by atomic mass is 79.9. The van der Waals surface area contributed by atoms with Gasteiger partial charge in [-0.05, 0) is 68.1 Å². The van der Waals surface area contributed by atoms with Crippen molar-refractivity contribution in [2.45, 2.75) is 19.4 Å². The van der Waals surface area contributed by atoms with Gasteiger partial charge in [0.05, 0.1) is 13.6 Å². The molecule has 1 atom stereocenters. The fourth-order valence-electron chi connectivity index (χ4n) is 1.79. The van der Waals surface area contributed by atoms with Crippen LogP contribution >= 0.6 is 43.2 Å². The number of halogens is 2. The molecule has 0 saturated carbocycles. The molecule has 0 fully saturated rings. The minimum absolute atomic E-state index is 0.190. The van der Waals surface area contributed by atoms with Crippen LogP contribution in [0.1, 0.15) is 30.5 Å². The molecule has 18 heavy (non-hydrogen) atoms. The third kappa shape index (κ3) is 3.41. The van der Waals surface area contributed by atoms with Gasteiger partial charge in [-0.3, -0.25) is 4.98 Å². The highest BCUT2D eigenvalue weighted by molar-refractivity contribution is 9.12. The lowest BCUT2D eigenvalue weighted by molar-refractivity contribution is 0.597. The van der Waals surface area contributed by atoms with E-state index in [2.05, 4.69) is 61.2 Å². The van der Waals surface area contributed by atoms with Crippen LogP contribution in [0.2, 0.25) is 0 Å². The van der Waals surface area contributed by atoms with Crippen LogP contribution in [0, 0.1) is 0 Å². The van der Waals surface area contributed by atoms with E-state index in [1.165, 1.54) is 11.1 Å². The van der Waals surface area contributed by atoms with Gasteiger partial charge in [-0.15, -0.1) is 11.3 Å². The monoisotopic (exact) mass is 388 g/mol. The summed E-state index contributed by atoms with van der Waals surface area (Å²) in [4.78, 5) is 4.21. The summed E-state index contributed by atoms with van der Waals surface area (Å²) in [5.74, 6) is 0. The van der Waals surface area contributed by atoms with Crippen LogP contribution in [0.3, 0.4) is 0 Å². The van der Waals surface area contributed by atoms with E-state index in [1.54, 1.807) is 17.5 Å². The standard InChI is InChI=1S/C13H14Br2N2S/c1-2-5-17-12(9-4-3-6-16-8-9)10-7-11(14)18-13(10)15/h3-4,6-8,12,17H,2,5H2,1H3. The fourth-order valence-corrected chi connectivity index (χ4v) is 4.69. The summed E-state index contributed by atoms with van der Waals surface area (Å²) < 4.78 is 2.29. The first-order chi connectivity index (χ1) is 8.72. The van der Waals surface area contributed by atoms with E-state index in [0.29, 0.717) is 0 Å². The Bertz CT molecular complexity index is 499. The molecule has 0 aliphatic carbocycles. The van der Waals surface area contributed by atoms with E-state index >= 15 is 0 Å². The summed E-state index contributed by atoms with van der Waals surface area (Å²) >= 11 is 8.87. The molecule has 2 aromatic rings. The van der Waals surface area contributed by atoms with Crippen LogP contribution in [0.15, 0.2) is 38.2 Å². The summed E-state index contributed by atoms with van der Waals surface area (Å²) in [6, 6.07) is 6.44. The SMILES string of the molecule is CCCNC(c1cccnc1)c1cc(Br)sc1Br. The molecule has 2 rings (SSSR count). The number of pyridine rings is 1. The number of aromatic nitrogens is 1. The van der Waals surface area contributed by atoms with Gasteiger partial charge in [0, 0.05) is 12.4 Å². The van der Waals surface area contributed by atoms with E-state index in [1.807, 2.05) is 12.3 Å². The Morgan fingerprint density at radius 2 is 2.28 bits per heavy atom. The van der Waals surface area contributed by atoms with Crippen molar-refractivity contribution in [1.29, 1.82) is 0 Å². The molecule has 0 saturated heterocycles. The van der Waals surface area contributed by atoms with Crippen LogP contribution in [-0.4, -0.2) is 11.5 Å². The predicted molar refractivity (Wildman–Crippen MR) is 84.1 cm³/mol. The van der Waals surface area contributed by atoms with Gasteiger partial charge < -0.3 is 5.32 Å². The zero-order valence-electron chi connectivity index (χ0n) is 9.99. The van der Waals surface area contributed by atoms with Crippen LogP contribution in [-0.2, 0) is 0 Å².